The van der Waals surface area contributed by atoms with Crippen molar-refractivity contribution in [1.29, 1.82) is 0 Å². The summed E-state index contributed by atoms with van der Waals surface area (Å²) in [6, 6.07) is 16.3. The van der Waals surface area contributed by atoms with Crippen molar-refractivity contribution in [2.75, 3.05) is 6.54 Å². The average Bonchev–Trinajstić information content (AvgIpc) is 2.61. The number of hydrogen-bond acceptors (Lipinski definition) is 2. The number of nitrogens with zero attached hydrogens (tertiary/aromatic N) is 1. The molecule has 1 N–H and O–H groups in total. The molecule has 2 aromatic carbocycles. The zero-order chi connectivity index (χ0) is 18.2. The van der Waals surface area contributed by atoms with Crippen molar-refractivity contribution in [1.82, 2.24) is 10.2 Å². The standard InChI is InChI=1S/C20H23ClN2O2/c1-3-22-20(25)15(2)23(14-17-9-11-18(21)12-10-17)19(24)13-16-7-5-4-6-8-16/h4-12,15H,3,13-14H2,1-2H3,(H,22,25). The van der Waals surface area contributed by atoms with E-state index in [-0.39, 0.29) is 18.2 Å². The molecule has 2 aromatic rings. The normalized spacial score (nSPS) is 11.6. The van der Waals surface area contributed by atoms with Crippen LogP contribution in [0.4, 0.5) is 0 Å². The monoisotopic (exact) mass is 358 g/mol. The number of carbonyl (C=O) groups is 2. The molecule has 0 heterocycles. The number of hydrogen-bond donors (Lipinski definition) is 1. The minimum Gasteiger partial charge on any atom is -0.355 e. The van der Waals surface area contributed by atoms with Crippen molar-refractivity contribution < 1.29 is 9.59 Å². The molecule has 0 spiro atoms. The lowest BCUT2D eigenvalue weighted by Gasteiger charge is -2.29. The summed E-state index contributed by atoms with van der Waals surface area (Å²) in [4.78, 5) is 26.7. The number of halogens is 1. The molecular weight excluding hydrogens is 336 g/mol. The zero-order valence-corrected chi connectivity index (χ0v) is 15.3. The van der Waals surface area contributed by atoms with E-state index in [4.69, 9.17) is 11.6 Å². The third-order valence-corrected chi connectivity index (χ3v) is 4.23. The SMILES string of the molecule is CCNC(=O)C(C)N(Cc1ccc(Cl)cc1)C(=O)Cc1ccccc1. The van der Waals surface area contributed by atoms with Crippen LogP contribution in [0.15, 0.2) is 54.6 Å². The summed E-state index contributed by atoms with van der Waals surface area (Å²) in [5.74, 6) is -0.238. The zero-order valence-electron chi connectivity index (χ0n) is 14.5. The van der Waals surface area contributed by atoms with Crippen LogP contribution in [-0.4, -0.2) is 29.3 Å². The van der Waals surface area contributed by atoms with E-state index in [0.717, 1.165) is 11.1 Å². The third kappa shape index (κ3) is 5.61. The predicted octanol–water partition coefficient (Wildman–Crippen LogP) is 3.44. The van der Waals surface area contributed by atoms with Gasteiger partial charge in [-0.2, -0.15) is 0 Å². The Bertz CT molecular complexity index is 701. The van der Waals surface area contributed by atoms with Crippen molar-refractivity contribution in [3.05, 3.63) is 70.7 Å². The van der Waals surface area contributed by atoms with Gasteiger partial charge in [-0.25, -0.2) is 0 Å². The Morgan fingerprint density at radius 3 is 2.28 bits per heavy atom. The van der Waals surface area contributed by atoms with Crippen LogP contribution in [-0.2, 0) is 22.6 Å². The minimum atomic E-state index is -0.549. The molecule has 132 valence electrons. The Balaban J connectivity index is 2.19. The Labute approximate surface area is 153 Å². The summed E-state index contributed by atoms with van der Waals surface area (Å²) in [6.07, 6.45) is 0.262. The van der Waals surface area contributed by atoms with Crippen LogP contribution in [0.25, 0.3) is 0 Å². The van der Waals surface area contributed by atoms with Gasteiger partial charge in [-0.1, -0.05) is 54.1 Å². The smallest absolute Gasteiger partial charge is 0.242 e. The van der Waals surface area contributed by atoms with Gasteiger partial charge in [0.15, 0.2) is 0 Å². The fraction of sp³-hybridized carbons (Fsp3) is 0.300. The Hall–Kier alpha value is -2.33. The maximum absolute atomic E-state index is 12.9. The quantitative estimate of drug-likeness (QED) is 0.824. The van der Waals surface area contributed by atoms with Crippen molar-refractivity contribution in [2.24, 2.45) is 0 Å². The molecule has 25 heavy (non-hydrogen) atoms. The molecule has 5 heteroatoms. The van der Waals surface area contributed by atoms with Crippen LogP contribution >= 0.6 is 11.6 Å². The first-order valence-corrected chi connectivity index (χ1v) is 8.74. The molecule has 2 rings (SSSR count). The predicted molar refractivity (Wildman–Crippen MR) is 100 cm³/mol. The van der Waals surface area contributed by atoms with Gasteiger partial charge in [0.25, 0.3) is 0 Å². The van der Waals surface area contributed by atoms with E-state index in [1.165, 1.54) is 0 Å². The first-order valence-electron chi connectivity index (χ1n) is 8.36. The molecular formula is C20H23ClN2O2. The maximum Gasteiger partial charge on any atom is 0.242 e. The highest BCUT2D eigenvalue weighted by Crippen LogP contribution is 2.15. The van der Waals surface area contributed by atoms with Crippen LogP contribution in [0.1, 0.15) is 25.0 Å². The van der Waals surface area contributed by atoms with Crippen LogP contribution in [0.2, 0.25) is 5.02 Å². The van der Waals surface area contributed by atoms with Gasteiger partial charge in [-0.15, -0.1) is 0 Å². The summed E-state index contributed by atoms with van der Waals surface area (Å²) >= 11 is 5.93. The first kappa shape index (κ1) is 19.0. The van der Waals surface area contributed by atoms with E-state index in [1.54, 1.807) is 24.0 Å². The molecule has 0 aliphatic rings. The van der Waals surface area contributed by atoms with Gasteiger partial charge in [0.2, 0.25) is 11.8 Å². The molecule has 0 saturated heterocycles. The summed E-state index contributed by atoms with van der Waals surface area (Å²) in [6.45, 7) is 4.51. The van der Waals surface area contributed by atoms with E-state index >= 15 is 0 Å². The second-order valence-electron chi connectivity index (χ2n) is 5.88. The summed E-state index contributed by atoms with van der Waals surface area (Å²) < 4.78 is 0. The molecule has 0 fully saturated rings. The van der Waals surface area contributed by atoms with Gasteiger partial charge in [-0.3, -0.25) is 9.59 Å². The number of rotatable bonds is 7. The molecule has 0 aromatic heterocycles. The Morgan fingerprint density at radius 2 is 1.68 bits per heavy atom. The molecule has 0 saturated carbocycles. The number of amides is 2. The number of carbonyl (C=O) groups excluding carboxylic acids is 2. The number of likely N-dealkylation sites (N-methyl/N-ethyl adjacent to an activating group) is 1. The van der Waals surface area contributed by atoms with Crippen molar-refractivity contribution >= 4 is 23.4 Å². The molecule has 4 nitrogen and oxygen atoms in total. The third-order valence-electron chi connectivity index (χ3n) is 3.98. The lowest BCUT2D eigenvalue weighted by molar-refractivity contribution is -0.140. The van der Waals surface area contributed by atoms with E-state index in [2.05, 4.69) is 5.32 Å². The molecule has 0 bridgehead atoms. The molecule has 1 atom stereocenters. The van der Waals surface area contributed by atoms with Crippen LogP contribution in [0.3, 0.4) is 0 Å². The van der Waals surface area contributed by atoms with Gasteiger partial charge in [0, 0.05) is 18.1 Å². The highest BCUT2D eigenvalue weighted by Gasteiger charge is 2.25. The second kappa shape index (κ2) is 9.23. The lowest BCUT2D eigenvalue weighted by atomic mass is 10.1. The summed E-state index contributed by atoms with van der Waals surface area (Å²) in [5, 5.41) is 3.43. The van der Waals surface area contributed by atoms with Gasteiger partial charge in [0.05, 0.1) is 6.42 Å². The summed E-state index contributed by atoms with van der Waals surface area (Å²) in [5.41, 5.74) is 1.86. The van der Waals surface area contributed by atoms with Crippen molar-refractivity contribution in [3.63, 3.8) is 0 Å². The van der Waals surface area contributed by atoms with E-state index in [9.17, 15) is 9.59 Å². The molecule has 2 amide bonds. The highest BCUT2D eigenvalue weighted by molar-refractivity contribution is 6.30. The molecule has 0 radical (unpaired) electrons. The molecule has 0 aliphatic carbocycles. The largest absolute Gasteiger partial charge is 0.355 e. The Morgan fingerprint density at radius 1 is 1.04 bits per heavy atom. The van der Waals surface area contributed by atoms with Crippen LogP contribution in [0, 0.1) is 0 Å². The van der Waals surface area contributed by atoms with E-state index in [1.807, 2.05) is 49.4 Å². The van der Waals surface area contributed by atoms with Gasteiger partial charge in [0.1, 0.15) is 6.04 Å². The van der Waals surface area contributed by atoms with Crippen LogP contribution < -0.4 is 5.32 Å². The fourth-order valence-corrected chi connectivity index (χ4v) is 2.69. The van der Waals surface area contributed by atoms with Gasteiger partial charge < -0.3 is 10.2 Å². The lowest BCUT2D eigenvalue weighted by Crippen LogP contribution is -2.48. The highest BCUT2D eigenvalue weighted by atomic mass is 35.5. The fourth-order valence-electron chi connectivity index (χ4n) is 2.56. The number of nitrogens with one attached hydrogen (secondary N) is 1. The molecule has 1 unspecified atom stereocenters. The average molecular weight is 359 g/mol. The minimum absolute atomic E-state index is 0.0834. The molecule has 0 aliphatic heterocycles. The van der Waals surface area contributed by atoms with Gasteiger partial charge in [-0.05, 0) is 37.1 Å². The number of benzene rings is 2. The van der Waals surface area contributed by atoms with E-state index in [0.29, 0.717) is 18.1 Å². The van der Waals surface area contributed by atoms with Crippen LogP contribution in [0.5, 0.6) is 0 Å². The van der Waals surface area contributed by atoms with Crippen molar-refractivity contribution in [3.8, 4) is 0 Å². The topological polar surface area (TPSA) is 49.4 Å². The van der Waals surface area contributed by atoms with E-state index < -0.39 is 6.04 Å². The second-order valence-corrected chi connectivity index (χ2v) is 6.32. The van der Waals surface area contributed by atoms with Gasteiger partial charge >= 0.3 is 0 Å². The first-order chi connectivity index (χ1) is 12.0. The maximum atomic E-state index is 12.9. The van der Waals surface area contributed by atoms with Crippen molar-refractivity contribution in [2.45, 2.75) is 32.9 Å². The summed E-state index contributed by atoms with van der Waals surface area (Å²) in [7, 11) is 0. The Kier molecular flexibility index (Phi) is 7.02.